The molecular weight excluding hydrogens is 330 g/mol. The van der Waals surface area contributed by atoms with Crippen molar-refractivity contribution in [3.05, 3.63) is 23.4 Å². The highest BCUT2D eigenvalue weighted by Gasteiger charge is 2.41. The van der Waals surface area contributed by atoms with Crippen LogP contribution in [0.5, 0.6) is 0 Å². The van der Waals surface area contributed by atoms with Crippen LogP contribution in [-0.4, -0.2) is 45.1 Å². The van der Waals surface area contributed by atoms with Crippen LogP contribution in [0.3, 0.4) is 0 Å². The number of carboxylic acid groups (broad SMARTS) is 1. The summed E-state index contributed by atoms with van der Waals surface area (Å²) in [6.45, 7) is 2.47. The van der Waals surface area contributed by atoms with Crippen molar-refractivity contribution < 1.29 is 19.2 Å². The predicted molar refractivity (Wildman–Crippen MR) is 87.5 cm³/mol. The van der Waals surface area contributed by atoms with Crippen LogP contribution in [0.4, 0.5) is 0 Å². The molecule has 2 aromatic heterocycles. The van der Waals surface area contributed by atoms with E-state index in [1.54, 1.807) is 23.2 Å². The van der Waals surface area contributed by atoms with E-state index in [-0.39, 0.29) is 12.5 Å². The van der Waals surface area contributed by atoms with Crippen LogP contribution in [0.2, 0.25) is 0 Å². The Morgan fingerprint density at radius 3 is 3.00 bits per heavy atom. The van der Waals surface area contributed by atoms with Gasteiger partial charge in [0, 0.05) is 25.9 Å². The summed E-state index contributed by atoms with van der Waals surface area (Å²) in [5, 5.41) is 15.1. The number of carbonyl (C=O) groups is 2. The number of carboxylic acids is 1. The van der Waals surface area contributed by atoms with Crippen LogP contribution in [0.1, 0.15) is 32.1 Å². The molecule has 0 saturated carbocycles. The number of amides is 1. The van der Waals surface area contributed by atoms with E-state index in [2.05, 4.69) is 10.1 Å². The summed E-state index contributed by atoms with van der Waals surface area (Å²) in [7, 11) is 0. The summed E-state index contributed by atoms with van der Waals surface area (Å²) < 4.78 is 5.20. The molecule has 128 valence electrons. The zero-order valence-corrected chi connectivity index (χ0v) is 14.2. The third-order valence-corrected chi connectivity index (χ3v) is 5.20. The number of carbonyl (C=O) groups excluding carboxylic acids is 1. The molecule has 8 heteroatoms. The number of rotatable bonds is 6. The highest BCUT2D eigenvalue weighted by molar-refractivity contribution is 7.13. The molecular formula is C16H19N3O4S. The Bertz CT molecular complexity index is 728. The van der Waals surface area contributed by atoms with Crippen molar-refractivity contribution in [2.75, 3.05) is 13.1 Å². The van der Waals surface area contributed by atoms with Crippen LogP contribution in [0.15, 0.2) is 22.0 Å². The molecule has 0 radical (unpaired) electrons. The smallest absolute Gasteiger partial charge is 0.311 e. The van der Waals surface area contributed by atoms with Gasteiger partial charge in [0.1, 0.15) is 0 Å². The quantitative estimate of drug-likeness (QED) is 0.860. The standard InChI is InChI=1S/C16H19N3O4S/c1-16(15(21)22)7-8-19(10-16)13(20)6-2-5-12-17-14(18-23-12)11-4-3-9-24-11/h3-4,9H,2,5-8,10H2,1H3,(H,21,22). The van der Waals surface area contributed by atoms with Crippen molar-refractivity contribution >= 4 is 23.2 Å². The van der Waals surface area contributed by atoms with Gasteiger partial charge in [-0.05, 0) is 31.2 Å². The molecule has 1 saturated heterocycles. The van der Waals surface area contributed by atoms with Crippen molar-refractivity contribution in [1.29, 1.82) is 0 Å². The van der Waals surface area contributed by atoms with Gasteiger partial charge in [-0.2, -0.15) is 4.98 Å². The van der Waals surface area contributed by atoms with Gasteiger partial charge in [0.2, 0.25) is 17.6 Å². The topological polar surface area (TPSA) is 96.5 Å². The van der Waals surface area contributed by atoms with E-state index in [1.807, 2.05) is 17.5 Å². The number of likely N-dealkylation sites (tertiary alicyclic amines) is 1. The van der Waals surface area contributed by atoms with Gasteiger partial charge >= 0.3 is 5.97 Å². The number of aromatic nitrogens is 2. The molecule has 0 aliphatic carbocycles. The summed E-state index contributed by atoms with van der Waals surface area (Å²) in [6.07, 6.45) is 1.99. The van der Waals surface area contributed by atoms with Gasteiger partial charge in [0.05, 0.1) is 10.3 Å². The zero-order chi connectivity index (χ0) is 17.2. The van der Waals surface area contributed by atoms with Crippen molar-refractivity contribution in [1.82, 2.24) is 15.0 Å². The van der Waals surface area contributed by atoms with E-state index < -0.39 is 11.4 Å². The molecule has 7 nitrogen and oxygen atoms in total. The molecule has 0 bridgehead atoms. The maximum Gasteiger partial charge on any atom is 0.311 e. The Morgan fingerprint density at radius 2 is 2.33 bits per heavy atom. The van der Waals surface area contributed by atoms with E-state index in [4.69, 9.17) is 4.52 Å². The fourth-order valence-corrected chi connectivity index (χ4v) is 3.41. The molecule has 1 fully saturated rings. The Hall–Kier alpha value is -2.22. The summed E-state index contributed by atoms with van der Waals surface area (Å²) in [5.41, 5.74) is -0.822. The van der Waals surface area contributed by atoms with Crippen LogP contribution < -0.4 is 0 Å². The first-order chi connectivity index (χ1) is 11.5. The molecule has 1 aliphatic rings. The van der Waals surface area contributed by atoms with E-state index in [0.29, 0.717) is 43.9 Å². The monoisotopic (exact) mass is 349 g/mol. The molecule has 24 heavy (non-hydrogen) atoms. The largest absolute Gasteiger partial charge is 0.481 e. The predicted octanol–water partition coefficient (Wildman–Crippen LogP) is 2.44. The highest BCUT2D eigenvalue weighted by atomic mass is 32.1. The maximum absolute atomic E-state index is 12.2. The Kier molecular flexibility index (Phi) is 4.66. The number of aryl methyl sites for hydroxylation is 1. The number of aliphatic carboxylic acids is 1. The second kappa shape index (κ2) is 6.72. The maximum atomic E-state index is 12.2. The second-order valence-electron chi connectivity index (χ2n) is 6.27. The van der Waals surface area contributed by atoms with Crippen molar-refractivity contribution in [2.45, 2.75) is 32.6 Å². The van der Waals surface area contributed by atoms with Gasteiger partial charge in [-0.3, -0.25) is 9.59 Å². The fourth-order valence-electron chi connectivity index (χ4n) is 2.76. The van der Waals surface area contributed by atoms with Gasteiger partial charge in [-0.1, -0.05) is 11.2 Å². The Morgan fingerprint density at radius 1 is 1.50 bits per heavy atom. The molecule has 0 aromatic carbocycles. The van der Waals surface area contributed by atoms with Crippen LogP contribution in [0, 0.1) is 5.41 Å². The average Bonchev–Trinajstić information content (AvgIpc) is 3.27. The summed E-state index contributed by atoms with van der Waals surface area (Å²) in [6, 6.07) is 3.85. The normalized spacial score (nSPS) is 20.5. The van der Waals surface area contributed by atoms with Gasteiger partial charge in [-0.25, -0.2) is 0 Å². The van der Waals surface area contributed by atoms with Gasteiger partial charge in [-0.15, -0.1) is 11.3 Å². The fraction of sp³-hybridized carbons (Fsp3) is 0.500. The highest BCUT2D eigenvalue weighted by Crippen LogP contribution is 2.30. The van der Waals surface area contributed by atoms with E-state index in [9.17, 15) is 14.7 Å². The minimum atomic E-state index is -0.843. The molecule has 1 amide bonds. The number of thiophene rings is 1. The average molecular weight is 349 g/mol. The summed E-state index contributed by atoms with van der Waals surface area (Å²) in [5.74, 6) is 0.230. The Balaban J connectivity index is 1.47. The lowest BCUT2D eigenvalue weighted by atomic mass is 9.90. The zero-order valence-electron chi connectivity index (χ0n) is 13.4. The molecule has 1 atom stereocenters. The Labute approximate surface area is 143 Å². The summed E-state index contributed by atoms with van der Waals surface area (Å²) >= 11 is 1.54. The minimum absolute atomic E-state index is 0.0158. The van der Waals surface area contributed by atoms with Crippen LogP contribution >= 0.6 is 11.3 Å². The lowest BCUT2D eigenvalue weighted by Crippen LogP contribution is -2.34. The van der Waals surface area contributed by atoms with E-state index in [0.717, 1.165) is 4.88 Å². The first-order valence-corrected chi connectivity index (χ1v) is 8.73. The molecule has 3 heterocycles. The lowest BCUT2D eigenvalue weighted by Gasteiger charge is -2.20. The molecule has 2 aromatic rings. The third-order valence-electron chi connectivity index (χ3n) is 4.33. The van der Waals surface area contributed by atoms with Gasteiger partial charge in [0.15, 0.2) is 0 Å². The van der Waals surface area contributed by atoms with Gasteiger partial charge in [0.25, 0.3) is 0 Å². The molecule has 3 rings (SSSR count). The van der Waals surface area contributed by atoms with E-state index in [1.165, 1.54) is 0 Å². The van der Waals surface area contributed by atoms with Gasteiger partial charge < -0.3 is 14.5 Å². The first-order valence-electron chi connectivity index (χ1n) is 7.85. The molecule has 1 N–H and O–H groups in total. The van der Waals surface area contributed by atoms with Crippen LogP contribution in [0.25, 0.3) is 10.7 Å². The van der Waals surface area contributed by atoms with Crippen molar-refractivity contribution in [2.24, 2.45) is 5.41 Å². The van der Waals surface area contributed by atoms with Crippen molar-refractivity contribution in [3.8, 4) is 10.7 Å². The number of nitrogens with zero attached hydrogens (tertiary/aromatic N) is 3. The van der Waals surface area contributed by atoms with Crippen molar-refractivity contribution in [3.63, 3.8) is 0 Å². The minimum Gasteiger partial charge on any atom is -0.481 e. The molecule has 0 spiro atoms. The number of hydrogen-bond donors (Lipinski definition) is 1. The third kappa shape index (κ3) is 3.48. The second-order valence-corrected chi connectivity index (χ2v) is 7.22. The number of hydrogen-bond acceptors (Lipinski definition) is 6. The molecule has 1 unspecified atom stereocenters. The van der Waals surface area contributed by atoms with Crippen LogP contribution in [-0.2, 0) is 16.0 Å². The van der Waals surface area contributed by atoms with E-state index >= 15 is 0 Å². The lowest BCUT2D eigenvalue weighted by molar-refractivity contribution is -0.147. The molecule has 1 aliphatic heterocycles. The summed E-state index contributed by atoms with van der Waals surface area (Å²) in [4.78, 5) is 30.3. The first kappa shape index (κ1) is 16.6. The SMILES string of the molecule is CC1(C(=O)O)CCN(C(=O)CCCc2nc(-c3cccs3)no2)C1.